The van der Waals surface area contributed by atoms with Crippen LogP contribution in [-0.4, -0.2) is 28.3 Å². The summed E-state index contributed by atoms with van der Waals surface area (Å²) in [5.41, 5.74) is 2.25. The van der Waals surface area contributed by atoms with Gasteiger partial charge in [-0.2, -0.15) is 0 Å². The number of nitrogens with zero attached hydrogens (tertiary/aromatic N) is 1. The van der Waals surface area contributed by atoms with Crippen molar-refractivity contribution in [1.82, 2.24) is 4.90 Å². The SMILES string of the molecule is O=C(CCCl)N1CCc2ccc(O)cc2C1. The Labute approximate surface area is 99.6 Å². The second-order valence-corrected chi connectivity index (χ2v) is 4.34. The molecular weight excluding hydrogens is 226 g/mol. The smallest absolute Gasteiger partial charge is 0.224 e. The van der Waals surface area contributed by atoms with Crippen LogP contribution in [0.2, 0.25) is 0 Å². The van der Waals surface area contributed by atoms with Crippen molar-refractivity contribution in [2.24, 2.45) is 0 Å². The van der Waals surface area contributed by atoms with E-state index in [1.54, 1.807) is 17.0 Å². The van der Waals surface area contributed by atoms with Gasteiger partial charge in [-0.25, -0.2) is 0 Å². The molecule has 4 heteroatoms. The van der Waals surface area contributed by atoms with Crippen LogP contribution in [-0.2, 0) is 17.8 Å². The summed E-state index contributed by atoms with van der Waals surface area (Å²) >= 11 is 5.55. The van der Waals surface area contributed by atoms with Crippen molar-refractivity contribution in [3.05, 3.63) is 29.3 Å². The highest BCUT2D eigenvalue weighted by molar-refractivity contribution is 6.18. The van der Waals surface area contributed by atoms with Gasteiger partial charge in [0, 0.05) is 25.4 Å². The van der Waals surface area contributed by atoms with Crippen molar-refractivity contribution < 1.29 is 9.90 Å². The Morgan fingerprint density at radius 1 is 1.44 bits per heavy atom. The minimum absolute atomic E-state index is 0.0870. The van der Waals surface area contributed by atoms with E-state index in [0.29, 0.717) is 18.8 Å². The summed E-state index contributed by atoms with van der Waals surface area (Å²) in [6, 6.07) is 5.35. The van der Waals surface area contributed by atoms with Gasteiger partial charge >= 0.3 is 0 Å². The van der Waals surface area contributed by atoms with Gasteiger partial charge in [0.25, 0.3) is 0 Å². The third-order valence-corrected chi connectivity index (χ3v) is 3.05. The van der Waals surface area contributed by atoms with Crippen molar-refractivity contribution in [2.75, 3.05) is 12.4 Å². The molecule has 86 valence electrons. The first-order valence-electron chi connectivity index (χ1n) is 5.35. The molecule has 1 aliphatic heterocycles. The molecule has 0 fully saturated rings. The fraction of sp³-hybridized carbons (Fsp3) is 0.417. The summed E-state index contributed by atoms with van der Waals surface area (Å²) < 4.78 is 0. The molecule has 0 saturated heterocycles. The molecular formula is C12H14ClNO2. The minimum atomic E-state index is 0.0870. The van der Waals surface area contributed by atoms with Crippen LogP contribution < -0.4 is 0 Å². The number of carbonyl (C=O) groups excluding carboxylic acids is 1. The van der Waals surface area contributed by atoms with E-state index < -0.39 is 0 Å². The average Bonchev–Trinajstić information content (AvgIpc) is 2.28. The first-order valence-corrected chi connectivity index (χ1v) is 5.88. The van der Waals surface area contributed by atoms with Gasteiger partial charge in [0.2, 0.25) is 5.91 Å². The lowest BCUT2D eigenvalue weighted by Gasteiger charge is -2.28. The lowest BCUT2D eigenvalue weighted by atomic mass is 9.99. The van der Waals surface area contributed by atoms with Crippen molar-refractivity contribution in [3.8, 4) is 5.75 Å². The molecule has 0 radical (unpaired) electrons. The number of alkyl halides is 1. The van der Waals surface area contributed by atoms with E-state index in [9.17, 15) is 9.90 Å². The Morgan fingerprint density at radius 3 is 3.00 bits per heavy atom. The maximum atomic E-state index is 11.7. The van der Waals surface area contributed by atoms with Crippen LogP contribution in [0.4, 0.5) is 0 Å². The van der Waals surface area contributed by atoms with Crippen LogP contribution in [0.3, 0.4) is 0 Å². The number of amides is 1. The number of fused-ring (bicyclic) bond motifs is 1. The van der Waals surface area contributed by atoms with E-state index in [2.05, 4.69) is 0 Å². The van der Waals surface area contributed by atoms with Gasteiger partial charge in [-0.15, -0.1) is 11.6 Å². The lowest BCUT2D eigenvalue weighted by molar-refractivity contribution is -0.131. The van der Waals surface area contributed by atoms with Gasteiger partial charge < -0.3 is 10.0 Å². The Morgan fingerprint density at radius 2 is 2.25 bits per heavy atom. The van der Waals surface area contributed by atoms with Crippen LogP contribution in [0.25, 0.3) is 0 Å². The second kappa shape index (κ2) is 4.74. The molecule has 1 heterocycles. The second-order valence-electron chi connectivity index (χ2n) is 3.96. The highest BCUT2D eigenvalue weighted by Gasteiger charge is 2.20. The first-order chi connectivity index (χ1) is 7.70. The van der Waals surface area contributed by atoms with Crippen LogP contribution >= 0.6 is 11.6 Å². The topological polar surface area (TPSA) is 40.5 Å². The minimum Gasteiger partial charge on any atom is -0.508 e. The van der Waals surface area contributed by atoms with Gasteiger partial charge in [0.05, 0.1) is 0 Å². The van der Waals surface area contributed by atoms with E-state index in [-0.39, 0.29) is 11.7 Å². The predicted molar refractivity (Wildman–Crippen MR) is 62.6 cm³/mol. The Bertz CT molecular complexity index is 406. The molecule has 0 aliphatic carbocycles. The van der Waals surface area contributed by atoms with Crippen LogP contribution in [0.5, 0.6) is 5.75 Å². The summed E-state index contributed by atoms with van der Waals surface area (Å²) in [4.78, 5) is 13.5. The molecule has 0 spiro atoms. The molecule has 1 amide bonds. The molecule has 2 rings (SSSR count). The highest BCUT2D eigenvalue weighted by atomic mass is 35.5. The maximum Gasteiger partial charge on any atom is 0.224 e. The molecule has 1 aliphatic rings. The summed E-state index contributed by atoms with van der Waals surface area (Å²) in [7, 11) is 0. The van der Waals surface area contributed by atoms with Crippen LogP contribution in [0.1, 0.15) is 17.5 Å². The van der Waals surface area contributed by atoms with E-state index in [4.69, 9.17) is 11.6 Å². The average molecular weight is 240 g/mol. The van der Waals surface area contributed by atoms with Gasteiger partial charge in [-0.05, 0) is 29.7 Å². The summed E-state index contributed by atoms with van der Waals surface area (Å²) in [6.07, 6.45) is 1.24. The standard InChI is InChI=1S/C12H14ClNO2/c13-5-3-12(16)14-6-4-9-1-2-11(15)7-10(9)8-14/h1-2,7,15H,3-6,8H2. The van der Waals surface area contributed by atoms with Crippen molar-refractivity contribution >= 4 is 17.5 Å². The van der Waals surface area contributed by atoms with E-state index in [1.807, 2.05) is 6.07 Å². The Hall–Kier alpha value is -1.22. The number of rotatable bonds is 2. The number of hydrogen-bond donors (Lipinski definition) is 1. The highest BCUT2D eigenvalue weighted by Crippen LogP contribution is 2.23. The zero-order chi connectivity index (χ0) is 11.5. The fourth-order valence-electron chi connectivity index (χ4n) is 2.00. The monoisotopic (exact) mass is 239 g/mol. The molecule has 0 unspecified atom stereocenters. The van der Waals surface area contributed by atoms with Crippen molar-refractivity contribution in [3.63, 3.8) is 0 Å². The number of hydrogen-bond acceptors (Lipinski definition) is 2. The molecule has 0 aromatic heterocycles. The van der Waals surface area contributed by atoms with E-state index in [1.165, 1.54) is 5.56 Å². The van der Waals surface area contributed by atoms with Gasteiger partial charge in [-0.1, -0.05) is 6.07 Å². The zero-order valence-electron chi connectivity index (χ0n) is 8.95. The summed E-state index contributed by atoms with van der Waals surface area (Å²) in [5, 5.41) is 9.39. The van der Waals surface area contributed by atoms with Crippen molar-refractivity contribution in [2.45, 2.75) is 19.4 Å². The van der Waals surface area contributed by atoms with Crippen LogP contribution in [0.15, 0.2) is 18.2 Å². The zero-order valence-corrected chi connectivity index (χ0v) is 9.70. The Balaban J connectivity index is 2.13. The molecule has 1 N–H and O–H groups in total. The molecule has 1 aromatic carbocycles. The molecule has 16 heavy (non-hydrogen) atoms. The van der Waals surface area contributed by atoms with E-state index in [0.717, 1.165) is 18.5 Å². The fourth-order valence-corrected chi connectivity index (χ4v) is 2.16. The number of phenols is 1. The summed E-state index contributed by atoms with van der Waals surface area (Å²) in [6.45, 7) is 1.33. The Kier molecular flexibility index (Phi) is 3.34. The quantitative estimate of drug-likeness (QED) is 0.801. The largest absolute Gasteiger partial charge is 0.508 e. The van der Waals surface area contributed by atoms with Gasteiger partial charge in [0.15, 0.2) is 0 Å². The third-order valence-electron chi connectivity index (χ3n) is 2.86. The molecule has 3 nitrogen and oxygen atoms in total. The van der Waals surface area contributed by atoms with E-state index >= 15 is 0 Å². The first kappa shape index (κ1) is 11.3. The third kappa shape index (κ3) is 2.30. The normalized spacial score (nSPS) is 14.7. The number of carbonyl (C=O) groups is 1. The van der Waals surface area contributed by atoms with Crippen molar-refractivity contribution in [1.29, 1.82) is 0 Å². The predicted octanol–water partition coefficient (Wildman–Crippen LogP) is 1.91. The number of benzene rings is 1. The molecule has 0 saturated carbocycles. The maximum absolute atomic E-state index is 11.7. The van der Waals surface area contributed by atoms with Gasteiger partial charge in [0.1, 0.15) is 5.75 Å². The number of aromatic hydroxyl groups is 1. The molecule has 0 bridgehead atoms. The van der Waals surface area contributed by atoms with Gasteiger partial charge in [-0.3, -0.25) is 4.79 Å². The molecule has 0 atom stereocenters. The summed E-state index contributed by atoms with van der Waals surface area (Å²) in [5.74, 6) is 0.705. The molecule has 1 aromatic rings. The lowest BCUT2D eigenvalue weighted by Crippen LogP contribution is -2.35. The number of halogens is 1. The van der Waals surface area contributed by atoms with Crippen LogP contribution in [0, 0.1) is 0 Å². The number of phenolic OH excluding ortho intramolecular Hbond substituents is 1.